The first-order valence-electron chi connectivity index (χ1n) is 8.91. The molecule has 1 aromatic heterocycles. The van der Waals surface area contributed by atoms with Crippen LogP contribution in [0.4, 0.5) is 0 Å². The van der Waals surface area contributed by atoms with Gasteiger partial charge in [-0.25, -0.2) is 4.79 Å². The molecule has 1 saturated carbocycles. The number of esters is 1. The van der Waals surface area contributed by atoms with E-state index in [1.807, 2.05) is 13.8 Å². The highest BCUT2D eigenvalue weighted by Crippen LogP contribution is 2.29. The number of amides is 1. The predicted molar refractivity (Wildman–Crippen MR) is 94.3 cm³/mol. The van der Waals surface area contributed by atoms with Gasteiger partial charge in [0.05, 0.1) is 11.7 Å². The number of aryl methyl sites for hydroxylation is 1. The smallest absolute Gasteiger partial charge is 0.340 e. The van der Waals surface area contributed by atoms with Gasteiger partial charge < -0.3 is 15.0 Å². The van der Waals surface area contributed by atoms with E-state index in [4.69, 9.17) is 4.74 Å². The maximum Gasteiger partial charge on any atom is 0.340 e. The molecule has 5 nitrogen and oxygen atoms in total. The monoisotopic (exact) mass is 334 g/mol. The number of aromatic nitrogens is 1. The zero-order chi connectivity index (χ0) is 18.0. The highest BCUT2D eigenvalue weighted by atomic mass is 16.5. The third kappa shape index (κ3) is 4.00. The summed E-state index contributed by atoms with van der Waals surface area (Å²) in [6.45, 7) is 11.7. The first-order chi connectivity index (χ1) is 11.2. The molecular formula is C19H30N2O3. The van der Waals surface area contributed by atoms with Crippen LogP contribution in [0.3, 0.4) is 0 Å². The Balaban J connectivity index is 2.14. The molecule has 2 rings (SSSR count). The first kappa shape index (κ1) is 18.6. The summed E-state index contributed by atoms with van der Waals surface area (Å²) in [7, 11) is 0. The molecule has 0 aromatic carbocycles. The van der Waals surface area contributed by atoms with Gasteiger partial charge in [-0.2, -0.15) is 0 Å². The van der Waals surface area contributed by atoms with Gasteiger partial charge in [0.25, 0.3) is 5.91 Å². The van der Waals surface area contributed by atoms with Gasteiger partial charge in [0.1, 0.15) is 5.69 Å². The molecule has 0 bridgehead atoms. The van der Waals surface area contributed by atoms with Crippen LogP contribution in [-0.4, -0.2) is 29.0 Å². The average Bonchev–Trinajstić information content (AvgIpc) is 2.76. The Morgan fingerprint density at radius 2 is 1.88 bits per heavy atom. The summed E-state index contributed by atoms with van der Waals surface area (Å²) in [6, 6.07) is 0.197. The maximum atomic E-state index is 12.7. The molecule has 1 amide bonds. The second kappa shape index (κ2) is 7.41. The number of rotatable bonds is 4. The van der Waals surface area contributed by atoms with Crippen molar-refractivity contribution in [2.24, 2.45) is 11.8 Å². The van der Waals surface area contributed by atoms with Gasteiger partial charge in [0.2, 0.25) is 0 Å². The van der Waals surface area contributed by atoms with E-state index in [0.717, 1.165) is 25.2 Å². The quantitative estimate of drug-likeness (QED) is 0.824. The van der Waals surface area contributed by atoms with Crippen molar-refractivity contribution in [3.63, 3.8) is 0 Å². The van der Waals surface area contributed by atoms with Crippen molar-refractivity contribution in [2.75, 3.05) is 0 Å². The Morgan fingerprint density at radius 3 is 2.46 bits per heavy atom. The molecule has 1 fully saturated rings. The number of carbonyl (C=O) groups excluding carboxylic acids is 2. The Morgan fingerprint density at radius 1 is 1.21 bits per heavy atom. The number of carbonyl (C=O) groups is 2. The predicted octanol–water partition coefficient (Wildman–Crippen LogP) is 3.75. The van der Waals surface area contributed by atoms with Crippen LogP contribution in [0.25, 0.3) is 0 Å². The number of aromatic amines is 1. The van der Waals surface area contributed by atoms with Crippen molar-refractivity contribution in [3.05, 3.63) is 22.5 Å². The summed E-state index contributed by atoms with van der Waals surface area (Å²) in [4.78, 5) is 28.0. The molecule has 0 unspecified atom stereocenters. The van der Waals surface area contributed by atoms with Crippen LogP contribution in [-0.2, 0) is 4.74 Å². The van der Waals surface area contributed by atoms with Crippen LogP contribution in [0, 0.1) is 25.7 Å². The molecule has 1 aromatic rings. The molecule has 0 saturated heterocycles. The van der Waals surface area contributed by atoms with Gasteiger partial charge in [-0.3, -0.25) is 4.79 Å². The number of H-pyrrole nitrogens is 1. The fraction of sp³-hybridized carbons (Fsp3) is 0.684. The van der Waals surface area contributed by atoms with Crippen LogP contribution in [0.15, 0.2) is 0 Å². The molecule has 2 N–H and O–H groups in total. The second-order valence-electron chi connectivity index (χ2n) is 7.55. The van der Waals surface area contributed by atoms with Crippen molar-refractivity contribution < 1.29 is 14.3 Å². The van der Waals surface area contributed by atoms with Crippen LogP contribution in [0.5, 0.6) is 0 Å². The Kier molecular flexibility index (Phi) is 5.73. The lowest BCUT2D eigenvalue weighted by atomic mass is 9.80. The minimum Gasteiger partial charge on any atom is -0.459 e. The van der Waals surface area contributed by atoms with Crippen molar-refractivity contribution in [1.82, 2.24) is 10.3 Å². The molecule has 1 aliphatic rings. The Bertz CT molecular complexity index is 618. The van der Waals surface area contributed by atoms with E-state index in [0.29, 0.717) is 28.4 Å². The lowest BCUT2D eigenvalue weighted by Crippen LogP contribution is -2.42. The van der Waals surface area contributed by atoms with Crippen molar-refractivity contribution in [1.29, 1.82) is 0 Å². The summed E-state index contributed by atoms with van der Waals surface area (Å²) < 4.78 is 5.28. The fourth-order valence-corrected chi connectivity index (χ4v) is 3.68. The van der Waals surface area contributed by atoms with E-state index in [1.54, 1.807) is 13.8 Å². The minimum absolute atomic E-state index is 0.134. The first-order valence-corrected chi connectivity index (χ1v) is 8.91. The number of nitrogens with one attached hydrogen (secondary N) is 2. The lowest BCUT2D eigenvalue weighted by Gasteiger charge is -2.33. The highest BCUT2D eigenvalue weighted by Gasteiger charge is 2.29. The van der Waals surface area contributed by atoms with E-state index >= 15 is 0 Å². The van der Waals surface area contributed by atoms with E-state index in [1.165, 1.54) is 0 Å². The van der Waals surface area contributed by atoms with Gasteiger partial charge in [0, 0.05) is 11.7 Å². The zero-order valence-electron chi connectivity index (χ0n) is 15.7. The van der Waals surface area contributed by atoms with E-state index in [9.17, 15) is 9.59 Å². The topological polar surface area (TPSA) is 71.2 Å². The molecule has 0 radical (unpaired) electrons. The molecule has 5 heteroatoms. The maximum absolute atomic E-state index is 12.7. The summed E-state index contributed by atoms with van der Waals surface area (Å²) in [5.41, 5.74) is 2.27. The molecule has 134 valence electrons. The standard InChI is InChI=1S/C19H30N2O3/c1-10(2)24-19(23)16-13(5)17(20-14(16)6)18(22)21-15-8-7-11(3)9-12(15)4/h10-12,15,20H,7-9H2,1-6H3,(H,21,22)/t11-,12+,15-/m1/s1. The third-order valence-electron chi connectivity index (χ3n) is 4.96. The lowest BCUT2D eigenvalue weighted by molar-refractivity contribution is 0.0376. The molecule has 1 heterocycles. The van der Waals surface area contributed by atoms with Crippen molar-refractivity contribution >= 4 is 11.9 Å². The molecule has 0 aliphatic heterocycles. The zero-order valence-corrected chi connectivity index (χ0v) is 15.7. The molecule has 3 atom stereocenters. The van der Waals surface area contributed by atoms with Gasteiger partial charge >= 0.3 is 5.97 Å². The van der Waals surface area contributed by atoms with Crippen LogP contribution in [0.2, 0.25) is 0 Å². The van der Waals surface area contributed by atoms with Gasteiger partial charge in [0.15, 0.2) is 0 Å². The average molecular weight is 334 g/mol. The number of ether oxygens (including phenoxy) is 1. The second-order valence-corrected chi connectivity index (χ2v) is 7.55. The molecule has 1 aliphatic carbocycles. The highest BCUT2D eigenvalue weighted by molar-refractivity contribution is 6.00. The molecule has 24 heavy (non-hydrogen) atoms. The van der Waals surface area contributed by atoms with Crippen LogP contribution < -0.4 is 5.32 Å². The third-order valence-corrected chi connectivity index (χ3v) is 4.96. The van der Waals surface area contributed by atoms with Crippen LogP contribution >= 0.6 is 0 Å². The number of hydrogen-bond donors (Lipinski definition) is 2. The molecule has 0 spiro atoms. The largest absolute Gasteiger partial charge is 0.459 e. The minimum atomic E-state index is -0.379. The summed E-state index contributed by atoms with van der Waals surface area (Å²) in [5.74, 6) is 0.681. The van der Waals surface area contributed by atoms with Gasteiger partial charge in [-0.05, 0) is 64.4 Å². The van der Waals surface area contributed by atoms with Gasteiger partial charge in [-0.15, -0.1) is 0 Å². The van der Waals surface area contributed by atoms with Crippen molar-refractivity contribution in [2.45, 2.75) is 73.0 Å². The number of hydrogen-bond acceptors (Lipinski definition) is 3. The Labute approximate surface area is 144 Å². The molecular weight excluding hydrogens is 304 g/mol. The summed E-state index contributed by atoms with van der Waals surface area (Å²) in [5, 5.41) is 3.14. The Hall–Kier alpha value is -1.78. The van der Waals surface area contributed by atoms with Gasteiger partial charge in [-0.1, -0.05) is 13.8 Å². The van der Waals surface area contributed by atoms with E-state index < -0.39 is 0 Å². The fourth-order valence-electron chi connectivity index (χ4n) is 3.68. The summed E-state index contributed by atoms with van der Waals surface area (Å²) >= 11 is 0. The van der Waals surface area contributed by atoms with E-state index in [-0.39, 0.29) is 24.0 Å². The van der Waals surface area contributed by atoms with E-state index in [2.05, 4.69) is 24.1 Å². The van der Waals surface area contributed by atoms with Crippen molar-refractivity contribution in [3.8, 4) is 0 Å². The summed E-state index contributed by atoms with van der Waals surface area (Å²) in [6.07, 6.45) is 3.10. The normalized spacial score (nSPS) is 24.0. The van der Waals surface area contributed by atoms with Crippen LogP contribution in [0.1, 0.15) is 79.1 Å². The SMILES string of the molecule is Cc1[nH]c(C(=O)N[C@@H]2CC[C@@H](C)C[C@@H]2C)c(C)c1C(=O)OC(C)C.